The summed E-state index contributed by atoms with van der Waals surface area (Å²) >= 11 is 0. The van der Waals surface area contributed by atoms with Gasteiger partial charge in [0, 0.05) is 11.6 Å². The molecule has 0 spiro atoms. The van der Waals surface area contributed by atoms with Crippen LogP contribution in [0.25, 0.3) is 6.08 Å². The zero-order valence-corrected chi connectivity index (χ0v) is 15.8. The van der Waals surface area contributed by atoms with Crippen molar-refractivity contribution in [3.63, 3.8) is 0 Å². The van der Waals surface area contributed by atoms with Gasteiger partial charge in [0.15, 0.2) is 5.76 Å². The van der Waals surface area contributed by atoms with E-state index in [1.54, 1.807) is 31.4 Å². The van der Waals surface area contributed by atoms with Crippen molar-refractivity contribution in [1.29, 1.82) is 0 Å². The normalized spacial score (nSPS) is 17.9. The third-order valence-electron chi connectivity index (χ3n) is 5.22. The number of rotatable bonds is 4. The van der Waals surface area contributed by atoms with E-state index in [1.807, 2.05) is 24.3 Å². The minimum absolute atomic E-state index is 0.0365. The molecule has 0 unspecified atom stereocenters. The zero-order chi connectivity index (χ0) is 19.5. The SMILES string of the molecule is COc1ccccc1/C=C1\Oc2cc(OC(=O)C3CCCCC3)ccc2C1=O. The summed E-state index contributed by atoms with van der Waals surface area (Å²) in [5.41, 5.74) is 1.21. The number of carbonyl (C=O) groups excluding carboxylic acids is 2. The summed E-state index contributed by atoms with van der Waals surface area (Å²) in [4.78, 5) is 25.0. The van der Waals surface area contributed by atoms with Crippen LogP contribution in [0.4, 0.5) is 0 Å². The van der Waals surface area contributed by atoms with Crippen LogP contribution in [-0.4, -0.2) is 18.9 Å². The number of allylic oxidation sites excluding steroid dienone is 1. The van der Waals surface area contributed by atoms with Crippen molar-refractivity contribution in [3.05, 3.63) is 59.4 Å². The number of hydrogen-bond acceptors (Lipinski definition) is 5. The third-order valence-corrected chi connectivity index (χ3v) is 5.22. The third kappa shape index (κ3) is 3.65. The summed E-state index contributed by atoms with van der Waals surface area (Å²) in [6.45, 7) is 0. The van der Waals surface area contributed by atoms with Crippen molar-refractivity contribution in [3.8, 4) is 17.2 Å². The van der Waals surface area contributed by atoms with E-state index in [9.17, 15) is 9.59 Å². The molecule has 2 aliphatic rings. The summed E-state index contributed by atoms with van der Waals surface area (Å²) in [5.74, 6) is 1.24. The van der Waals surface area contributed by atoms with E-state index < -0.39 is 0 Å². The van der Waals surface area contributed by atoms with Gasteiger partial charge in [-0.25, -0.2) is 0 Å². The van der Waals surface area contributed by atoms with Crippen LogP contribution in [0.3, 0.4) is 0 Å². The van der Waals surface area contributed by atoms with Gasteiger partial charge in [-0.15, -0.1) is 0 Å². The van der Waals surface area contributed by atoms with E-state index >= 15 is 0 Å². The summed E-state index contributed by atoms with van der Waals surface area (Å²) in [6, 6.07) is 12.3. The number of ketones is 1. The summed E-state index contributed by atoms with van der Waals surface area (Å²) in [5, 5.41) is 0. The second-order valence-electron chi connectivity index (χ2n) is 7.10. The molecule has 0 amide bonds. The minimum Gasteiger partial charge on any atom is -0.496 e. The fourth-order valence-corrected chi connectivity index (χ4v) is 3.70. The molecule has 0 N–H and O–H groups in total. The van der Waals surface area contributed by atoms with Gasteiger partial charge in [0.05, 0.1) is 18.6 Å². The van der Waals surface area contributed by atoms with E-state index in [0.29, 0.717) is 22.8 Å². The highest BCUT2D eigenvalue weighted by Gasteiger charge is 2.29. The number of esters is 1. The number of hydrogen-bond donors (Lipinski definition) is 0. The molecule has 0 atom stereocenters. The van der Waals surface area contributed by atoms with Crippen molar-refractivity contribution in [1.82, 2.24) is 0 Å². The standard InChI is InChI=1S/C23H22O5/c1-26-19-10-6-5-9-16(19)13-21-22(24)18-12-11-17(14-20(18)28-21)27-23(25)15-7-3-2-4-8-15/h5-6,9-15H,2-4,7-8H2,1H3/b21-13-. The molecule has 0 bridgehead atoms. The maximum Gasteiger partial charge on any atom is 0.314 e. The van der Waals surface area contributed by atoms with Crippen LogP contribution < -0.4 is 14.2 Å². The number of carbonyl (C=O) groups is 2. The highest BCUT2D eigenvalue weighted by Crippen LogP contribution is 2.36. The van der Waals surface area contributed by atoms with Crippen molar-refractivity contribution in [2.45, 2.75) is 32.1 Å². The van der Waals surface area contributed by atoms with Crippen LogP contribution in [0.5, 0.6) is 17.2 Å². The first-order valence-corrected chi connectivity index (χ1v) is 9.59. The molecule has 1 aliphatic heterocycles. The lowest BCUT2D eigenvalue weighted by Gasteiger charge is -2.19. The van der Waals surface area contributed by atoms with Gasteiger partial charge in [-0.1, -0.05) is 37.5 Å². The molecule has 144 valence electrons. The highest BCUT2D eigenvalue weighted by atomic mass is 16.5. The van der Waals surface area contributed by atoms with Crippen LogP contribution in [0.2, 0.25) is 0 Å². The molecule has 2 aromatic carbocycles. The van der Waals surface area contributed by atoms with Gasteiger partial charge in [0.25, 0.3) is 0 Å². The Balaban J connectivity index is 1.53. The fourth-order valence-electron chi connectivity index (χ4n) is 3.70. The Kier molecular flexibility index (Phi) is 5.15. The Morgan fingerprint density at radius 2 is 1.89 bits per heavy atom. The van der Waals surface area contributed by atoms with E-state index in [2.05, 4.69) is 0 Å². The van der Waals surface area contributed by atoms with Crippen molar-refractivity contribution in [2.75, 3.05) is 7.11 Å². The number of methoxy groups -OCH3 is 1. The van der Waals surface area contributed by atoms with E-state index in [0.717, 1.165) is 31.2 Å². The van der Waals surface area contributed by atoms with Gasteiger partial charge in [-0.05, 0) is 37.1 Å². The zero-order valence-electron chi connectivity index (χ0n) is 15.8. The lowest BCUT2D eigenvalue weighted by molar-refractivity contribution is -0.139. The maximum atomic E-state index is 12.6. The number of benzene rings is 2. The van der Waals surface area contributed by atoms with Gasteiger partial charge in [0.1, 0.15) is 17.2 Å². The van der Waals surface area contributed by atoms with Gasteiger partial charge in [-0.3, -0.25) is 9.59 Å². The average molecular weight is 378 g/mol. The van der Waals surface area contributed by atoms with Crippen LogP contribution in [-0.2, 0) is 4.79 Å². The molecule has 1 aliphatic carbocycles. The molecule has 0 saturated heterocycles. The van der Waals surface area contributed by atoms with Crippen LogP contribution in [0.1, 0.15) is 48.0 Å². The monoisotopic (exact) mass is 378 g/mol. The molecule has 2 aromatic rings. The lowest BCUT2D eigenvalue weighted by Crippen LogP contribution is -2.22. The van der Waals surface area contributed by atoms with Crippen molar-refractivity contribution in [2.24, 2.45) is 5.92 Å². The number of para-hydroxylation sites is 1. The molecule has 28 heavy (non-hydrogen) atoms. The molecular formula is C23H22O5. The molecule has 5 nitrogen and oxygen atoms in total. The largest absolute Gasteiger partial charge is 0.496 e. The molecule has 1 heterocycles. The molecule has 0 radical (unpaired) electrons. The predicted octanol–water partition coefficient (Wildman–Crippen LogP) is 4.80. The second kappa shape index (κ2) is 7.89. The van der Waals surface area contributed by atoms with Gasteiger partial charge in [0.2, 0.25) is 5.78 Å². The number of ether oxygens (including phenoxy) is 3. The smallest absolute Gasteiger partial charge is 0.314 e. The predicted molar refractivity (Wildman–Crippen MR) is 105 cm³/mol. The highest BCUT2D eigenvalue weighted by molar-refractivity contribution is 6.14. The summed E-state index contributed by atoms with van der Waals surface area (Å²) < 4.78 is 16.6. The van der Waals surface area contributed by atoms with E-state index in [4.69, 9.17) is 14.2 Å². The van der Waals surface area contributed by atoms with Gasteiger partial charge < -0.3 is 14.2 Å². The average Bonchev–Trinajstić information content (AvgIpc) is 3.04. The Bertz CT molecular complexity index is 938. The lowest BCUT2D eigenvalue weighted by atomic mass is 9.89. The fraction of sp³-hybridized carbons (Fsp3) is 0.304. The first kappa shape index (κ1) is 18.3. The molecule has 1 saturated carbocycles. The quantitative estimate of drug-likeness (QED) is 0.435. The minimum atomic E-state index is -0.203. The summed E-state index contributed by atoms with van der Waals surface area (Å²) in [7, 11) is 1.58. The van der Waals surface area contributed by atoms with Gasteiger partial charge in [-0.2, -0.15) is 0 Å². The second-order valence-corrected chi connectivity index (χ2v) is 7.10. The number of fused-ring (bicyclic) bond motifs is 1. The van der Waals surface area contributed by atoms with Crippen LogP contribution in [0.15, 0.2) is 48.2 Å². The van der Waals surface area contributed by atoms with E-state index in [1.165, 1.54) is 6.42 Å². The molecular weight excluding hydrogens is 356 g/mol. The van der Waals surface area contributed by atoms with E-state index in [-0.39, 0.29) is 23.4 Å². The maximum absolute atomic E-state index is 12.6. The van der Waals surface area contributed by atoms with Gasteiger partial charge >= 0.3 is 5.97 Å². The first-order valence-electron chi connectivity index (χ1n) is 9.59. The molecule has 0 aromatic heterocycles. The van der Waals surface area contributed by atoms with Crippen LogP contribution in [0, 0.1) is 5.92 Å². The van der Waals surface area contributed by atoms with Crippen molar-refractivity contribution >= 4 is 17.8 Å². The topological polar surface area (TPSA) is 61.8 Å². The Hall–Kier alpha value is -3.08. The molecule has 5 heteroatoms. The Morgan fingerprint density at radius 3 is 2.68 bits per heavy atom. The number of Topliss-reactive ketones (excluding diaryl/α,β-unsaturated/α-hetero) is 1. The molecule has 4 rings (SSSR count). The first-order chi connectivity index (χ1) is 13.7. The van der Waals surface area contributed by atoms with Crippen molar-refractivity contribution < 1.29 is 23.8 Å². The Labute approximate surface area is 163 Å². The molecule has 1 fully saturated rings. The Morgan fingerprint density at radius 1 is 1.11 bits per heavy atom. The summed E-state index contributed by atoms with van der Waals surface area (Å²) in [6.07, 6.45) is 6.74. The van der Waals surface area contributed by atoms with Crippen LogP contribution >= 0.6 is 0 Å².